The van der Waals surface area contributed by atoms with E-state index in [1.54, 1.807) is 6.07 Å². The van der Waals surface area contributed by atoms with Crippen molar-refractivity contribution < 1.29 is 4.39 Å². The van der Waals surface area contributed by atoms with Crippen LogP contribution in [0, 0.1) is 23.6 Å². The zero-order valence-corrected chi connectivity index (χ0v) is 13.1. The van der Waals surface area contributed by atoms with E-state index in [1.165, 1.54) is 31.7 Å². The molecule has 0 aliphatic heterocycles. The van der Waals surface area contributed by atoms with Crippen LogP contribution in [0.3, 0.4) is 0 Å². The second-order valence-corrected chi connectivity index (χ2v) is 7.11. The molecule has 1 aromatic carbocycles. The SMILES string of the molecule is CC(NCC1CC2CCC1C2)c1c(Cl)ccc(F)c1Cl. The summed E-state index contributed by atoms with van der Waals surface area (Å²) in [7, 11) is 0. The Bertz CT molecular complexity index is 505. The van der Waals surface area contributed by atoms with E-state index in [-0.39, 0.29) is 11.1 Å². The second-order valence-electron chi connectivity index (χ2n) is 6.32. The summed E-state index contributed by atoms with van der Waals surface area (Å²) in [6, 6.07) is 2.87. The summed E-state index contributed by atoms with van der Waals surface area (Å²) in [6.07, 6.45) is 5.54. The van der Waals surface area contributed by atoms with Crippen molar-refractivity contribution in [2.45, 2.75) is 38.6 Å². The molecule has 3 rings (SSSR count). The zero-order chi connectivity index (χ0) is 14.3. The summed E-state index contributed by atoms with van der Waals surface area (Å²) in [4.78, 5) is 0. The number of hydrogen-bond acceptors (Lipinski definition) is 1. The highest BCUT2D eigenvalue weighted by atomic mass is 35.5. The molecular formula is C16H20Cl2FN. The van der Waals surface area contributed by atoms with Crippen LogP contribution in [0.25, 0.3) is 0 Å². The fraction of sp³-hybridized carbons (Fsp3) is 0.625. The summed E-state index contributed by atoms with van der Waals surface area (Å²) >= 11 is 12.2. The molecule has 20 heavy (non-hydrogen) atoms. The lowest BCUT2D eigenvalue weighted by Crippen LogP contribution is -2.29. The summed E-state index contributed by atoms with van der Waals surface area (Å²) in [5, 5.41) is 4.17. The van der Waals surface area contributed by atoms with Crippen LogP contribution < -0.4 is 5.32 Å². The van der Waals surface area contributed by atoms with Crippen molar-refractivity contribution in [2.24, 2.45) is 17.8 Å². The quantitative estimate of drug-likeness (QED) is 0.751. The van der Waals surface area contributed by atoms with Crippen LogP contribution >= 0.6 is 23.2 Å². The van der Waals surface area contributed by atoms with Crippen LogP contribution in [-0.4, -0.2) is 6.54 Å². The van der Waals surface area contributed by atoms with Crippen LogP contribution in [0.15, 0.2) is 12.1 Å². The highest BCUT2D eigenvalue weighted by molar-refractivity contribution is 6.36. The minimum atomic E-state index is -0.403. The molecule has 4 unspecified atom stereocenters. The van der Waals surface area contributed by atoms with E-state index in [2.05, 4.69) is 5.32 Å². The van der Waals surface area contributed by atoms with Crippen LogP contribution in [0.2, 0.25) is 10.0 Å². The van der Waals surface area contributed by atoms with Gasteiger partial charge in [-0.2, -0.15) is 0 Å². The first-order valence-electron chi connectivity index (χ1n) is 7.43. The molecule has 2 fully saturated rings. The van der Waals surface area contributed by atoms with Gasteiger partial charge in [-0.3, -0.25) is 0 Å². The molecule has 4 heteroatoms. The number of benzene rings is 1. The summed E-state index contributed by atoms with van der Waals surface area (Å²) < 4.78 is 13.6. The van der Waals surface area contributed by atoms with Gasteiger partial charge in [0.2, 0.25) is 0 Å². The van der Waals surface area contributed by atoms with Gasteiger partial charge in [-0.1, -0.05) is 29.6 Å². The Kier molecular flexibility index (Phi) is 4.26. The lowest BCUT2D eigenvalue weighted by Gasteiger charge is -2.25. The van der Waals surface area contributed by atoms with Crippen molar-refractivity contribution in [3.8, 4) is 0 Å². The molecule has 4 atom stereocenters. The molecule has 0 aromatic heterocycles. The Hall–Kier alpha value is -0.310. The van der Waals surface area contributed by atoms with Crippen molar-refractivity contribution in [2.75, 3.05) is 6.54 Å². The average molecular weight is 316 g/mol. The van der Waals surface area contributed by atoms with Crippen molar-refractivity contribution in [3.63, 3.8) is 0 Å². The monoisotopic (exact) mass is 315 g/mol. The molecule has 110 valence electrons. The smallest absolute Gasteiger partial charge is 0.142 e. The Morgan fingerprint density at radius 3 is 2.75 bits per heavy atom. The maximum Gasteiger partial charge on any atom is 0.142 e. The maximum atomic E-state index is 13.6. The van der Waals surface area contributed by atoms with E-state index in [0.29, 0.717) is 10.6 Å². The van der Waals surface area contributed by atoms with Crippen LogP contribution in [0.5, 0.6) is 0 Å². The molecule has 2 bridgehead atoms. The first-order valence-corrected chi connectivity index (χ1v) is 8.18. The van der Waals surface area contributed by atoms with Gasteiger partial charge in [-0.15, -0.1) is 0 Å². The van der Waals surface area contributed by atoms with Crippen LogP contribution in [0.1, 0.15) is 44.2 Å². The third kappa shape index (κ3) is 2.70. The fourth-order valence-corrected chi connectivity index (χ4v) is 4.69. The van der Waals surface area contributed by atoms with E-state index >= 15 is 0 Å². The number of halogens is 3. The summed E-state index contributed by atoms with van der Waals surface area (Å²) in [6.45, 7) is 2.98. The molecule has 0 spiro atoms. The van der Waals surface area contributed by atoms with E-state index in [0.717, 1.165) is 24.3 Å². The molecule has 1 N–H and O–H groups in total. The normalized spacial score (nSPS) is 29.9. The summed E-state index contributed by atoms with van der Waals surface area (Å²) in [5.74, 6) is 2.20. The Balaban J connectivity index is 1.65. The molecule has 2 saturated carbocycles. The molecule has 2 aliphatic rings. The number of rotatable bonds is 4. The largest absolute Gasteiger partial charge is 0.310 e. The highest BCUT2D eigenvalue weighted by Gasteiger charge is 2.39. The van der Waals surface area contributed by atoms with Crippen molar-refractivity contribution >= 4 is 23.2 Å². The fourth-order valence-electron chi connectivity index (χ4n) is 4.00. The predicted octanol–water partition coefficient (Wildman–Crippen LogP) is 5.22. The van der Waals surface area contributed by atoms with Gasteiger partial charge >= 0.3 is 0 Å². The van der Waals surface area contributed by atoms with E-state index < -0.39 is 5.82 Å². The third-order valence-corrected chi connectivity index (χ3v) is 5.80. The van der Waals surface area contributed by atoms with Gasteiger partial charge in [0.25, 0.3) is 0 Å². The predicted molar refractivity (Wildman–Crippen MR) is 81.8 cm³/mol. The molecule has 0 heterocycles. The first kappa shape index (κ1) is 14.6. The van der Waals surface area contributed by atoms with E-state index in [1.807, 2.05) is 6.92 Å². The van der Waals surface area contributed by atoms with Gasteiger partial charge in [0.1, 0.15) is 5.82 Å². The Morgan fingerprint density at radius 2 is 2.10 bits per heavy atom. The van der Waals surface area contributed by atoms with Gasteiger partial charge in [0, 0.05) is 16.6 Å². The first-order chi connectivity index (χ1) is 9.56. The van der Waals surface area contributed by atoms with Crippen molar-refractivity contribution in [1.29, 1.82) is 0 Å². The number of fused-ring (bicyclic) bond motifs is 2. The molecule has 1 aromatic rings. The molecule has 0 saturated heterocycles. The zero-order valence-electron chi connectivity index (χ0n) is 11.6. The minimum absolute atomic E-state index is 0.0233. The van der Waals surface area contributed by atoms with Gasteiger partial charge in [0.05, 0.1) is 5.02 Å². The average Bonchev–Trinajstić information content (AvgIpc) is 3.03. The van der Waals surface area contributed by atoms with Gasteiger partial charge in [-0.25, -0.2) is 4.39 Å². The molecular weight excluding hydrogens is 296 g/mol. The van der Waals surface area contributed by atoms with Crippen LogP contribution in [0.4, 0.5) is 4.39 Å². The van der Waals surface area contributed by atoms with Gasteiger partial charge < -0.3 is 5.32 Å². The second kappa shape index (κ2) is 5.82. The Morgan fingerprint density at radius 1 is 1.30 bits per heavy atom. The lowest BCUT2D eigenvalue weighted by atomic mass is 9.88. The maximum absolute atomic E-state index is 13.6. The lowest BCUT2D eigenvalue weighted by molar-refractivity contribution is 0.309. The molecule has 1 nitrogen and oxygen atoms in total. The topological polar surface area (TPSA) is 12.0 Å². The standard InChI is InChI=1S/C16H20Cl2FN/c1-9(15-13(17)4-5-14(19)16(15)18)20-8-12-7-10-2-3-11(12)6-10/h4-5,9-12,20H,2-3,6-8H2,1H3. The van der Waals surface area contributed by atoms with Gasteiger partial charge in [-0.05, 0) is 62.6 Å². The highest BCUT2D eigenvalue weighted by Crippen LogP contribution is 2.48. The summed E-state index contributed by atoms with van der Waals surface area (Å²) in [5.41, 5.74) is 0.677. The third-order valence-electron chi connectivity index (χ3n) is 5.08. The number of nitrogens with one attached hydrogen (secondary N) is 1. The van der Waals surface area contributed by atoms with E-state index in [9.17, 15) is 4.39 Å². The van der Waals surface area contributed by atoms with Crippen molar-refractivity contribution in [1.82, 2.24) is 5.32 Å². The van der Waals surface area contributed by atoms with Gasteiger partial charge in [0.15, 0.2) is 0 Å². The molecule has 0 amide bonds. The van der Waals surface area contributed by atoms with E-state index in [4.69, 9.17) is 23.2 Å². The Labute approximate surface area is 129 Å². The molecule has 0 radical (unpaired) electrons. The molecule has 2 aliphatic carbocycles. The van der Waals surface area contributed by atoms with Crippen molar-refractivity contribution in [3.05, 3.63) is 33.6 Å². The minimum Gasteiger partial charge on any atom is -0.310 e. The number of hydrogen-bond donors (Lipinski definition) is 1. The van der Waals surface area contributed by atoms with Crippen LogP contribution in [-0.2, 0) is 0 Å².